The minimum atomic E-state index is -1.38. The summed E-state index contributed by atoms with van der Waals surface area (Å²) in [5.74, 6) is -3.19. The third-order valence-corrected chi connectivity index (χ3v) is 10.5. The van der Waals surface area contributed by atoms with E-state index in [1.165, 1.54) is 31.2 Å². The van der Waals surface area contributed by atoms with Crippen molar-refractivity contribution < 1.29 is 67.4 Å². The Hall–Kier alpha value is -2.76. The Morgan fingerprint density at radius 2 is 0.914 bits per heavy atom. The summed E-state index contributed by atoms with van der Waals surface area (Å²) in [5.41, 5.74) is 0. The smallest absolute Gasteiger partial charge is 0.344 e. The molecule has 4 rings (SSSR count). The van der Waals surface area contributed by atoms with Gasteiger partial charge in [-0.1, -0.05) is 153 Å². The van der Waals surface area contributed by atoms with E-state index in [-0.39, 0.29) is 117 Å². The fraction of sp³-hybridized carbons (Fsp3) is 0.400. The number of esters is 1. The van der Waals surface area contributed by atoms with Crippen LogP contribution >= 0.6 is 139 Å². The van der Waals surface area contributed by atoms with Crippen LogP contribution in [0.4, 0.5) is 0 Å². The Balaban J connectivity index is 0.000000879. The standard InChI is InChI=1S/C13H16Cl3NO4.C8H6Cl3NO2.2C7H4Cl3NO3.C5H14NO/c1-2-3-4-19-5-6-20-11(18)8-21-13-10(15)7-9(14)12(16)17-13;1-4(13)3-14-8-6(10)2-5(9)7(11)12-8;2*8-3-1-4(9)7(11-6(3)10)14-2-5(12)13;1-6(2,3)4-5-7/h7H,2-6,8H2,1H3;2H,3H2,1H3;2*1H,2H2,(H,12,13);7H,4-5H2,1-3H3/q;;;;+1/p-1. The molecule has 0 saturated heterocycles. The van der Waals surface area contributed by atoms with E-state index in [4.69, 9.17) is 173 Å². The molecule has 0 aliphatic heterocycles. The maximum absolute atomic E-state index is 11.4. The number of pyridine rings is 4. The second-order valence-corrected chi connectivity index (χ2v) is 18.4. The third-order valence-electron chi connectivity index (χ3n) is 6.72. The SMILES string of the molecule is CC(=O)COc1nc(Cl)c(Cl)cc1Cl.CCCCOCCOC(=O)COc1nc(Cl)c(Cl)cc1Cl.C[N+](C)(C)CCO.O=C(O)COc1nc(Cl)c(Cl)cc1Cl.O=C([O-])COc1nc(Cl)c(Cl)cc1Cl. The van der Waals surface area contributed by atoms with Gasteiger partial charge in [0.1, 0.15) is 46.5 Å². The molecule has 0 unspecified atom stereocenters. The van der Waals surface area contributed by atoms with Gasteiger partial charge in [-0.15, -0.1) is 0 Å². The van der Waals surface area contributed by atoms with E-state index in [1.54, 1.807) is 0 Å². The second-order valence-electron chi connectivity index (χ2n) is 13.7. The molecule has 0 fully saturated rings. The van der Waals surface area contributed by atoms with E-state index in [0.717, 1.165) is 23.9 Å². The van der Waals surface area contributed by atoms with Crippen molar-refractivity contribution in [3.05, 3.63) is 85.1 Å². The molecule has 30 heteroatoms. The number of aliphatic hydroxyl groups is 1. The predicted octanol–water partition coefficient (Wildman–Crippen LogP) is 10.2. The fourth-order valence-electron chi connectivity index (χ4n) is 3.58. The number of likely N-dealkylation sites (N-methyl/N-ethyl adjacent to an activating group) is 1. The number of carbonyl (C=O) groups is 4. The first-order valence-corrected chi connectivity index (χ1v) is 23.8. The molecule has 0 aliphatic carbocycles. The molecular formula is C40H43Cl12N5O13. The number of Topliss-reactive ketones (excluding diaryl/α,β-unsaturated/α-hetero) is 1. The van der Waals surface area contributed by atoms with Crippen molar-refractivity contribution in [2.75, 3.05) is 80.5 Å². The van der Waals surface area contributed by atoms with Gasteiger partial charge in [0.05, 0.1) is 60.4 Å². The molecule has 2 N–H and O–H groups in total. The second kappa shape index (κ2) is 36.2. The lowest BCUT2D eigenvalue weighted by atomic mass is 10.4. The summed E-state index contributed by atoms with van der Waals surface area (Å²) in [6, 6.07) is 5.44. The normalized spacial score (nSPS) is 10.3. The summed E-state index contributed by atoms with van der Waals surface area (Å²) in [4.78, 5) is 57.2. The maximum atomic E-state index is 11.4. The minimum absolute atomic E-state index is 0.00980. The Morgan fingerprint density at radius 3 is 1.21 bits per heavy atom. The van der Waals surface area contributed by atoms with Gasteiger partial charge in [-0.2, -0.15) is 19.9 Å². The van der Waals surface area contributed by atoms with Crippen LogP contribution in [0.1, 0.15) is 26.7 Å². The summed E-state index contributed by atoms with van der Waals surface area (Å²) in [6.45, 7) is 4.18. The first-order chi connectivity index (χ1) is 32.6. The van der Waals surface area contributed by atoms with Crippen molar-refractivity contribution in [3.8, 4) is 23.5 Å². The van der Waals surface area contributed by atoms with Crippen molar-refractivity contribution >= 4 is 163 Å². The number of ketones is 1. The number of quaternary nitrogens is 1. The predicted molar refractivity (Wildman–Crippen MR) is 269 cm³/mol. The molecule has 0 aliphatic rings. The highest BCUT2D eigenvalue weighted by atomic mass is 35.5. The molecule has 0 aromatic carbocycles. The zero-order valence-electron chi connectivity index (χ0n) is 37.2. The van der Waals surface area contributed by atoms with Crippen molar-refractivity contribution in [1.29, 1.82) is 0 Å². The van der Waals surface area contributed by atoms with E-state index in [0.29, 0.717) is 13.2 Å². The highest BCUT2D eigenvalue weighted by Gasteiger charge is 2.14. The van der Waals surface area contributed by atoms with Gasteiger partial charge in [0, 0.05) is 6.61 Å². The molecule has 0 saturated carbocycles. The minimum Gasteiger partial charge on any atom is -0.546 e. The molecule has 18 nitrogen and oxygen atoms in total. The van der Waals surface area contributed by atoms with E-state index in [9.17, 15) is 24.3 Å². The monoisotopic (exact) mass is 1220 g/mol. The molecule has 390 valence electrons. The van der Waals surface area contributed by atoms with Crippen LogP contribution < -0.4 is 24.1 Å². The molecule has 0 spiro atoms. The zero-order valence-corrected chi connectivity index (χ0v) is 46.3. The Kier molecular flexibility index (Phi) is 34.8. The van der Waals surface area contributed by atoms with Gasteiger partial charge < -0.3 is 53.0 Å². The number of rotatable bonds is 20. The van der Waals surface area contributed by atoms with Gasteiger partial charge in [0.15, 0.2) is 39.6 Å². The molecule has 4 aromatic heterocycles. The number of carboxylic acid groups (broad SMARTS) is 2. The van der Waals surface area contributed by atoms with E-state index >= 15 is 0 Å². The topological polar surface area (TPSA) is 239 Å². The maximum Gasteiger partial charge on any atom is 0.344 e. The average molecular weight is 1230 g/mol. The van der Waals surface area contributed by atoms with Crippen LogP contribution in [0.3, 0.4) is 0 Å². The lowest BCUT2D eigenvalue weighted by Gasteiger charge is -2.21. The number of carboxylic acids is 2. The Morgan fingerprint density at radius 1 is 0.557 bits per heavy atom. The molecule has 0 radical (unpaired) electrons. The van der Waals surface area contributed by atoms with Crippen LogP contribution in [-0.2, 0) is 28.7 Å². The number of aliphatic hydroxyl groups excluding tert-OH is 1. The Labute approximate surface area is 462 Å². The summed E-state index contributed by atoms with van der Waals surface area (Å²) < 4.78 is 30.6. The number of aromatic nitrogens is 4. The van der Waals surface area contributed by atoms with Crippen LogP contribution in [0.2, 0.25) is 60.8 Å². The van der Waals surface area contributed by atoms with Gasteiger partial charge in [-0.25, -0.2) is 9.59 Å². The van der Waals surface area contributed by atoms with Crippen LogP contribution in [-0.4, -0.2) is 139 Å². The van der Waals surface area contributed by atoms with Crippen molar-refractivity contribution in [2.24, 2.45) is 0 Å². The summed E-state index contributed by atoms with van der Waals surface area (Å²) in [5, 5.41) is 28.3. The highest BCUT2D eigenvalue weighted by Crippen LogP contribution is 2.33. The van der Waals surface area contributed by atoms with Crippen molar-refractivity contribution in [1.82, 2.24) is 19.9 Å². The number of unbranched alkanes of at least 4 members (excludes halogenated alkanes) is 1. The van der Waals surface area contributed by atoms with E-state index < -0.39 is 31.1 Å². The lowest BCUT2D eigenvalue weighted by molar-refractivity contribution is -0.870. The van der Waals surface area contributed by atoms with Crippen LogP contribution in [0, 0.1) is 0 Å². The largest absolute Gasteiger partial charge is 0.546 e. The number of aliphatic carboxylic acids is 2. The fourth-order valence-corrected chi connectivity index (χ4v) is 5.76. The van der Waals surface area contributed by atoms with E-state index in [1.807, 2.05) is 0 Å². The zero-order chi connectivity index (χ0) is 53.7. The van der Waals surface area contributed by atoms with Crippen LogP contribution in [0.5, 0.6) is 23.5 Å². The number of nitrogens with zero attached hydrogens (tertiary/aromatic N) is 5. The van der Waals surface area contributed by atoms with E-state index in [2.05, 4.69) is 52.7 Å². The van der Waals surface area contributed by atoms with Gasteiger partial charge in [0.25, 0.3) is 0 Å². The number of carbonyl (C=O) groups excluding carboxylic acids is 3. The number of hydrogen-bond acceptors (Lipinski definition) is 16. The third kappa shape index (κ3) is 31.0. The lowest BCUT2D eigenvalue weighted by Crippen LogP contribution is -2.36. The molecule has 4 heterocycles. The van der Waals surface area contributed by atoms with Gasteiger partial charge in [-0.3, -0.25) is 4.79 Å². The molecule has 0 bridgehead atoms. The van der Waals surface area contributed by atoms with Crippen molar-refractivity contribution in [2.45, 2.75) is 26.7 Å². The molecule has 70 heavy (non-hydrogen) atoms. The number of hydrogen-bond donors (Lipinski definition) is 2. The van der Waals surface area contributed by atoms with Crippen molar-refractivity contribution in [3.63, 3.8) is 0 Å². The average Bonchev–Trinajstić information content (AvgIpc) is 3.25. The van der Waals surface area contributed by atoms with Gasteiger partial charge in [-0.05, 0) is 37.6 Å². The van der Waals surface area contributed by atoms with Crippen LogP contribution in [0.15, 0.2) is 24.3 Å². The molecule has 0 amide bonds. The Bertz CT molecular complexity index is 2150. The number of halogens is 12. The molecular weight excluding hydrogens is 1180 g/mol. The molecule has 0 atom stereocenters. The first-order valence-electron chi connectivity index (χ1n) is 19.2. The summed E-state index contributed by atoms with van der Waals surface area (Å²) in [7, 11) is 6.16. The highest BCUT2D eigenvalue weighted by molar-refractivity contribution is 6.44. The first kappa shape index (κ1) is 67.2. The summed E-state index contributed by atoms with van der Waals surface area (Å²) in [6.07, 6.45) is 2.05. The quantitative estimate of drug-likeness (QED) is 0.0362. The van der Waals surface area contributed by atoms with Crippen LogP contribution in [0.25, 0.3) is 0 Å². The van der Waals surface area contributed by atoms with Gasteiger partial charge >= 0.3 is 11.9 Å². The number of ether oxygens (including phenoxy) is 6. The molecule has 4 aromatic rings. The van der Waals surface area contributed by atoms with Gasteiger partial charge in [0.2, 0.25) is 23.5 Å². The summed E-state index contributed by atoms with van der Waals surface area (Å²) >= 11 is 68.0.